The second kappa shape index (κ2) is 18.1. The Morgan fingerprint density at radius 1 is 1.17 bits per heavy atom. The minimum absolute atomic E-state index is 0.00116. The first-order valence-electron chi connectivity index (χ1n) is 11.5. The monoisotopic (exact) mass is 540 g/mol. The number of nitrogens with zero attached hydrogens (tertiary/aromatic N) is 1. The Kier molecular flexibility index (Phi) is 16.9. The average molecular weight is 542 g/mol. The summed E-state index contributed by atoms with van der Waals surface area (Å²) in [6.07, 6.45) is 4.52. The van der Waals surface area contributed by atoms with E-state index >= 15 is 0 Å². The van der Waals surface area contributed by atoms with Gasteiger partial charge in [-0.2, -0.15) is 0 Å². The van der Waals surface area contributed by atoms with E-state index in [1.807, 2.05) is 26.8 Å². The van der Waals surface area contributed by atoms with Gasteiger partial charge in [-0.15, -0.1) is 0 Å². The van der Waals surface area contributed by atoms with Crippen LogP contribution < -0.4 is 5.32 Å². The van der Waals surface area contributed by atoms with Crippen molar-refractivity contribution in [3.63, 3.8) is 0 Å². The molecule has 0 spiro atoms. The summed E-state index contributed by atoms with van der Waals surface area (Å²) in [5.41, 5.74) is 3.89. The van der Waals surface area contributed by atoms with Crippen LogP contribution in [-0.2, 0) is 11.3 Å². The van der Waals surface area contributed by atoms with Gasteiger partial charge in [-0.05, 0) is 55.7 Å². The Morgan fingerprint density at radius 3 is 2.29 bits per heavy atom. The van der Waals surface area contributed by atoms with E-state index in [0.29, 0.717) is 15.8 Å². The molecule has 0 aromatic heterocycles. The van der Waals surface area contributed by atoms with E-state index in [2.05, 4.69) is 54.9 Å². The molecule has 0 bridgehead atoms. The molecular weight excluding hydrogens is 506 g/mol. The number of rotatable bonds is 8. The Morgan fingerprint density at radius 2 is 1.80 bits per heavy atom. The second-order valence-electron chi connectivity index (χ2n) is 7.20. The molecule has 0 heterocycles. The number of allylic oxidation sites excluding steroid dienone is 4. The minimum atomic E-state index is -0.495. The molecule has 192 valence electrons. The number of amides is 1. The van der Waals surface area contributed by atoms with Crippen LogP contribution in [0.15, 0.2) is 77.0 Å². The molecule has 2 aromatic rings. The van der Waals surface area contributed by atoms with E-state index in [-0.39, 0.29) is 10.9 Å². The number of nitrogens with one attached hydrogen (secondary N) is 1. The SMILES string of the molecule is C=C/C(Cl)=C(\C(Cl)=C/C)N(CCC)Cc1ccccc1C.CC.CC(=O)Nc1ccc(F)c(Cl)c1. The van der Waals surface area contributed by atoms with E-state index < -0.39 is 5.82 Å². The van der Waals surface area contributed by atoms with Crippen LogP contribution in [0.5, 0.6) is 0 Å². The quantitative estimate of drug-likeness (QED) is 0.337. The second-order valence-corrected chi connectivity index (χ2v) is 8.42. The van der Waals surface area contributed by atoms with Crippen LogP contribution in [0.4, 0.5) is 10.1 Å². The first-order chi connectivity index (χ1) is 16.6. The van der Waals surface area contributed by atoms with Gasteiger partial charge in [0.25, 0.3) is 0 Å². The average Bonchev–Trinajstić information content (AvgIpc) is 2.84. The van der Waals surface area contributed by atoms with Crippen molar-refractivity contribution in [1.29, 1.82) is 0 Å². The van der Waals surface area contributed by atoms with Crippen molar-refractivity contribution in [3.05, 3.63) is 98.9 Å². The van der Waals surface area contributed by atoms with E-state index in [9.17, 15) is 9.18 Å². The molecular formula is C28H36Cl3FN2O. The van der Waals surface area contributed by atoms with Gasteiger partial charge in [0.05, 0.1) is 20.8 Å². The third-order valence-electron chi connectivity index (χ3n) is 4.56. The molecule has 2 aromatic carbocycles. The molecule has 35 heavy (non-hydrogen) atoms. The summed E-state index contributed by atoms with van der Waals surface area (Å²) in [6, 6.07) is 12.4. The number of hydrogen-bond acceptors (Lipinski definition) is 2. The standard InChI is InChI=1S/C18H23Cl2N.C8H7ClFNO.C2H6/c1-5-12-21(13-15-11-9-8-10-14(15)4)18(16(19)6-2)17(20)7-3;1-5(12)11-6-2-3-8(10)7(9)4-6;1-2/h6-11H,2,5,12-13H2,1,3-4H3;2-4H,1H3,(H,11,12);1-2H3/b17-7+,18-16-;;. The summed E-state index contributed by atoms with van der Waals surface area (Å²) in [5.74, 6) is -0.705. The molecule has 7 heteroatoms. The molecule has 0 aliphatic rings. The van der Waals surface area contributed by atoms with Crippen molar-refractivity contribution in [1.82, 2.24) is 4.90 Å². The van der Waals surface area contributed by atoms with Crippen molar-refractivity contribution in [2.24, 2.45) is 0 Å². The van der Waals surface area contributed by atoms with Gasteiger partial charge in [-0.25, -0.2) is 4.39 Å². The first-order valence-corrected chi connectivity index (χ1v) is 12.6. The largest absolute Gasteiger partial charge is 0.365 e. The lowest BCUT2D eigenvalue weighted by Gasteiger charge is -2.28. The highest BCUT2D eigenvalue weighted by Gasteiger charge is 2.16. The van der Waals surface area contributed by atoms with Crippen LogP contribution in [0.25, 0.3) is 0 Å². The molecule has 1 N–H and O–H groups in total. The molecule has 0 aliphatic heterocycles. The fourth-order valence-electron chi connectivity index (χ4n) is 2.96. The number of halogens is 4. The zero-order valence-electron chi connectivity index (χ0n) is 21.4. The van der Waals surface area contributed by atoms with Crippen molar-refractivity contribution in [2.45, 2.75) is 54.5 Å². The van der Waals surface area contributed by atoms with Crippen LogP contribution in [0.3, 0.4) is 0 Å². The topological polar surface area (TPSA) is 32.3 Å². The minimum Gasteiger partial charge on any atom is -0.365 e. The van der Waals surface area contributed by atoms with Gasteiger partial charge >= 0.3 is 0 Å². The highest BCUT2D eigenvalue weighted by atomic mass is 35.5. The summed E-state index contributed by atoms with van der Waals surface area (Å²) >= 11 is 18.2. The van der Waals surface area contributed by atoms with E-state index in [4.69, 9.17) is 34.8 Å². The number of aryl methyl sites for hydroxylation is 1. The summed E-state index contributed by atoms with van der Waals surface area (Å²) in [5, 5.41) is 3.72. The smallest absolute Gasteiger partial charge is 0.221 e. The summed E-state index contributed by atoms with van der Waals surface area (Å²) in [4.78, 5) is 12.8. The zero-order chi connectivity index (χ0) is 27.0. The molecule has 0 unspecified atom stereocenters. The molecule has 0 saturated heterocycles. The van der Waals surface area contributed by atoms with Gasteiger partial charge in [-0.3, -0.25) is 4.79 Å². The van der Waals surface area contributed by atoms with Crippen molar-refractivity contribution < 1.29 is 9.18 Å². The summed E-state index contributed by atoms with van der Waals surface area (Å²) < 4.78 is 12.6. The van der Waals surface area contributed by atoms with E-state index in [1.54, 1.807) is 6.08 Å². The van der Waals surface area contributed by atoms with E-state index in [1.165, 1.54) is 36.2 Å². The molecule has 0 radical (unpaired) electrons. The summed E-state index contributed by atoms with van der Waals surface area (Å²) in [6.45, 7) is 17.0. The molecule has 0 atom stereocenters. The van der Waals surface area contributed by atoms with Crippen molar-refractivity contribution >= 4 is 46.4 Å². The van der Waals surface area contributed by atoms with Gasteiger partial charge in [0.2, 0.25) is 5.91 Å². The predicted molar refractivity (Wildman–Crippen MR) is 152 cm³/mol. The van der Waals surface area contributed by atoms with Crippen molar-refractivity contribution in [2.75, 3.05) is 11.9 Å². The highest BCUT2D eigenvalue weighted by Crippen LogP contribution is 2.28. The molecule has 1 amide bonds. The summed E-state index contributed by atoms with van der Waals surface area (Å²) in [7, 11) is 0. The molecule has 3 nitrogen and oxygen atoms in total. The Labute approximate surface area is 225 Å². The lowest BCUT2D eigenvalue weighted by molar-refractivity contribution is -0.114. The van der Waals surface area contributed by atoms with Gasteiger partial charge in [-0.1, -0.05) is 92.5 Å². The lowest BCUT2D eigenvalue weighted by atomic mass is 10.1. The number of benzene rings is 2. The fraction of sp³-hybridized carbons (Fsp3) is 0.321. The van der Waals surface area contributed by atoms with Crippen LogP contribution >= 0.6 is 34.8 Å². The maximum Gasteiger partial charge on any atom is 0.221 e. The normalized spacial score (nSPS) is 11.2. The molecule has 0 aliphatic carbocycles. The van der Waals surface area contributed by atoms with Gasteiger partial charge < -0.3 is 10.2 Å². The van der Waals surface area contributed by atoms with E-state index in [0.717, 1.165) is 25.2 Å². The third kappa shape index (κ3) is 11.8. The first kappa shape index (κ1) is 32.7. The molecule has 2 rings (SSSR count). The van der Waals surface area contributed by atoms with Gasteiger partial charge in [0.15, 0.2) is 0 Å². The maximum absolute atomic E-state index is 12.6. The molecule has 0 fully saturated rings. The number of carbonyl (C=O) groups excluding carboxylic acids is 1. The lowest BCUT2D eigenvalue weighted by Crippen LogP contribution is -2.25. The highest BCUT2D eigenvalue weighted by molar-refractivity contribution is 6.36. The van der Waals surface area contributed by atoms with Crippen LogP contribution in [0, 0.1) is 12.7 Å². The Balaban J connectivity index is 0.000000698. The van der Waals surface area contributed by atoms with Crippen LogP contribution in [-0.4, -0.2) is 17.4 Å². The fourth-order valence-corrected chi connectivity index (χ4v) is 3.63. The number of anilines is 1. The number of hydrogen-bond donors (Lipinski definition) is 1. The Bertz CT molecular complexity index is 1020. The maximum atomic E-state index is 12.6. The predicted octanol–water partition coefficient (Wildman–Crippen LogP) is 9.45. The number of carbonyl (C=O) groups is 1. The molecule has 0 saturated carbocycles. The zero-order valence-corrected chi connectivity index (χ0v) is 23.7. The van der Waals surface area contributed by atoms with Crippen molar-refractivity contribution in [3.8, 4) is 0 Å². The van der Waals surface area contributed by atoms with Gasteiger partial charge in [0.1, 0.15) is 5.82 Å². The third-order valence-corrected chi connectivity index (χ3v) is 5.58. The van der Waals surface area contributed by atoms with Crippen LogP contribution in [0.2, 0.25) is 5.02 Å². The Hall–Kier alpha value is -2.27. The van der Waals surface area contributed by atoms with Crippen LogP contribution in [0.1, 0.15) is 52.2 Å². The van der Waals surface area contributed by atoms with Gasteiger partial charge in [0, 0.05) is 25.7 Å².